The van der Waals surface area contributed by atoms with Gasteiger partial charge in [-0.15, -0.1) is 15.3 Å². The summed E-state index contributed by atoms with van der Waals surface area (Å²) in [5.41, 5.74) is 1.70. The minimum atomic E-state index is -0.417. The number of aryl methyl sites for hydroxylation is 1. The number of nitrogens with one attached hydrogen (secondary N) is 1. The number of rotatable bonds is 6. The highest BCUT2D eigenvalue weighted by molar-refractivity contribution is 5.93. The first-order valence-corrected chi connectivity index (χ1v) is 10.2. The molecule has 1 saturated heterocycles. The molecule has 1 aliphatic heterocycles. The number of methoxy groups -OCH3 is 1. The zero-order chi connectivity index (χ0) is 21.8. The maximum atomic E-state index is 12.4. The van der Waals surface area contributed by atoms with Crippen LogP contribution in [0.5, 0.6) is 0 Å². The van der Waals surface area contributed by atoms with E-state index in [-0.39, 0.29) is 12.3 Å². The number of esters is 1. The molecule has 31 heavy (non-hydrogen) atoms. The average molecular weight is 423 g/mol. The third-order valence-electron chi connectivity index (χ3n) is 5.31. The molecule has 0 spiro atoms. The highest BCUT2D eigenvalue weighted by atomic mass is 16.5. The summed E-state index contributed by atoms with van der Waals surface area (Å²) < 4.78 is 6.39. The summed E-state index contributed by atoms with van der Waals surface area (Å²) in [5.74, 6) is 0.955. The largest absolute Gasteiger partial charge is 0.465 e. The fourth-order valence-electron chi connectivity index (χ4n) is 3.44. The average Bonchev–Trinajstić information content (AvgIpc) is 3.20. The Labute approximate surface area is 179 Å². The molecule has 1 aromatic carbocycles. The Morgan fingerprint density at radius 3 is 2.48 bits per heavy atom. The van der Waals surface area contributed by atoms with Crippen LogP contribution < -0.4 is 10.2 Å². The van der Waals surface area contributed by atoms with E-state index < -0.39 is 5.97 Å². The number of amides is 1. The Balaban J connectivity index is 1.38. The van der Waals surface area contributed by atoms with Crippen molar-refractivity contribution in [3.05, 3.63) is 47.8 Å². The number of likely N-dealkylation sites (N-methyl/N-ethyl adjacent to an activating group) is 1. The molecular weight excluding hydrogens is 398 g/mol. The lowest BCUT2D eigenvalue weighted by Crippen LogP contribution is -2.45. The van der Waals surface area contributed by atoms with Crippen LogP contribution in [0.15, 0.2) is 36.4 Å². The van der Waals surface area contributed by atoms with E-state index in [4.69, 9.17) is 5.10 Å². The molecule has 3 aromatic rings. The second kappa shape index (κ2) is 9.09. The van der Waals surface area contributed by atoms with Gasteiger partial charge in [-0.2, -0.15) is 4.52 Å². The van der Waals surface area contributed by atoms with Crippen molar-refractivity contribution in [2.24, 2.45) is 0 Å². The third kappa shape index (κ3) is 4.80. The topological polar surface area (TPSA) is 105 Å². The molecule has 0 unspecified atom stereocenters. The van der Waals surface area contributed by atoms with Gasteiger partial charge in [0, 0.05) is 44.7 Å². The van der Waals surface area contributed by atoms with Crippen LogP contribution in [0.3, 0.4) is 0 Å². The first kappa shape index (κ1) is 20.7. The molecule has 1 N–H and O–H groups in total. The summed E-state index contributed by atoms with van der Waals surface area (Å²) in [5, 5.41) is 15.9. The number of fused-ring (bicyclic) bond motifs is 1. The lowest BCUT2D eigenvalue weighted by molar-refractivity contribution is -0.116. The first-order chi connectivity index (χ1) is 15.0. The van der Waals surface area contributed by atoms with Gasteiger partial charge in [-0.25, -0.2) is 4.79 Å². The zero-order valence-electron chi connectivity index (χ0n) is 17.6. The maximum Gasteiger partial charge on any atom is 0.337 e. The van der Waals surface area contributed by atoms with E-state index in [1.54, 1.807) is 28.8 Å². The minimum Gasteiger partial charge on any atom is -0.465 e. The Bertz CT molecular complexity index is 1070. The second-order valence-electron chi connectivity index (χ2n) is 7.49. The second-order valence-corrected chi connectivity index (χ2v) is 7.49. The molecule has 0 aliphatic carbocycles. The smallest absolute Gasteiger partial charge is 0.337 e. The van der Waals surface area contributed by atoms with E-state index >= 15 is 0 Å². The van der Waals surface area contributed by atoms with E-state index in [9.17, 15) is 9.59 Å². The highest BCUT2D eigenvalue weighted by Crippen LogP contribution is 2.15. The molecule has 3 heterocycles. The summed E-state index contributed by atoms with van der Waals surface area (Å²) in [6.45, 7) is 3.83. The Morgan fingerprint density at radius 2 is 1.77 bits per heavy atom. The zero-order valence-corrected chi connectivity index (χ0v) is 17.6. The molecule has 0 saturated carbocycles. The molecule has 162 valence electrons. The number of carbonyl (C=O) groups is 2. The van der Waals surface area contributed by atoms with Gasteiger partial charge in [0.15, 0.2) is 11.5 Å². The molecule has 0 atom stereocenters. The van der Waals surface area contributed by atoms with Crippen molar-refractivity contribution in [1.82, 2.24) is 24.7 Å². The number of hydrogen-bond acceptors (Lipinski definition) is 8. The number of aromatic nitrogens is 4. The number of anilines is 2. The molecular formula is C21H25N7O3. The van der Waals surface area contributed by atoms with Gasteiger partial charge >= 0.3 is 5.97 Å². The molecule has 1 aliphatic rings. The molecule has 4 rings (SSSR count). The summed E-state index contributed by atoms with van der Waals surface area (Å²) >= 11 is 0. The highest BCUT2D eigenvalue weighted by Gasteiger charge is 2.17. The number of benzene rings is 1. The van der Waals surface area contributed by atoms with E-state index in [0.29, 0.717) is 29.1 Å². The van der Waals surface area contributed by atoms with Crippen LogP contribution in [0.1, 0.15) is 22.6 Å². The maximum absolute atomic E-state index is 12.4. The van der Waals surface area contributed by atoms with Gasteiger partial charge in [-0.05, 0) is 43.4 Å². The monoisotopic (exact) mass is 423 g/mol. The van der Waals surface area contributed by atoms with Crippen LogP contribution in [0.25, 0.3) is 5.65 Å². The number of hydrogen-bond donors (Lipinski definition) is 1. The van der Waals surface area contributed by atoms with Crippen LogP contribution in [-0.4, -0.2) is 76.9 Å². The van der Waals surface area contributed by atoms with Crippen LogP contribution >= 0.6 is 0 Å². The molecule has 10 heteroatoms. The Hall–Kier alpha value is -3.53. The van der Waals surface area contributed by atoms with Crippen molar-refractivity contribution in [3.63, 3.8) is 0 Å². The van der Waals surface area contributed by atoms with E-state index in [1.165, 1.54) is 7.11 Å². The van der Waals surface area contributed by atoms with Gasteiger partial charge in [-0.3, -0.25) is 4.79 Å². The fourth-order valence-corrected chi connectivity index (χ4v) is 3.44. The lowest BCUT2D eigenvalue weighted by Gasteiger charge is -2.33. The number of carbonyl (C=O) groups excluding carboxylic acids is 2. The number of ether oxygens (including phenoxy) is 1. The van der Waals surface area contributed by atoms with Gasteiger partial charge in [0.1, 0.15) is 5.82 Å². The Kier molecular flexibility index (Phi) is 6.08. The SMILES string of the molecule is COC(=O)c1ccc(NC(=O)CCc2nnc3ccc(N4CCN(C)CC4)nn23)cc1. The van der Waals surface area contributed by atoms with Crippen molar-refractivity contribution in [2.75, 3.05) is 50.6 Å². The predicted octanol–water partition coefficient (Wildman–Crippen LogP) is 1.23. The molecule has 2 aromatic heterocycles. The van der Waals surface area contributed by atoms with E-state index in [1.807, 2.05) is 12.1 Å². The normalized spacial score (nSPS) is 14.6. The minimum absolute atomic E-state index is 0.155. The molecule has 10 nitrogen and oxygen atoms in total. The van der Waals surface area contributed by atoms with Gasteiger partial charge in [0.05, 0.1) is 12.7 Å². The molecule has 1 amide bonds. The molecule has 0 bridgehead atoms. The summed E-state index contributed by atoms with van der Waals surface area (Å²) in [6.07, 6.45) is 0.645. The van der Waals surface area contributed by atoms with Crippen LogP contribution in [0, 0.1) is 0 Å². The van der Waals surface area contributed by atoms with Crippen molar-refractivity contribution < 1.29 is 14.3 Å². The van der Waals surface area contributed by atoms with Gasteiger partial charge in [0.25, 0.3) is 0 Å². The van der Waals surface area contributed by atoms with Crippen molar-refractivity contribution in [2.45, 2.75) is 12.8 Å². The lowest BCUT2D eigenvalue weighted by atomic mass is 10.2. The van der Waals surface area contributed by atoms with Gasteiger partial charge in [-0.1, -0.05) is 0 Å². The standard InChI is InChI=1S/C21H25N7O3/c1-26-11-13-27(14-12-26)19-8-7-17-23-24-18(28(17)25-19)9-10-20(29)22-16-5-3-15(4-6-16)21(30)31-2/h3-8H,9-14H2,1-2H3,(H,22,29). The number of nitrogens with zero attached hydrogens (tertiary/aromatic N) is 6. The van der Waals surface area contributed by atoms with E-state index in [0.717, 1.165) is 32.0 Å². The number of piperazine rings is 1. The van der Waals surface area contributed by atoms with Crippen molar-refractivity contribution in [1.29, 1.82) is 0 Å². The molecule has 0 radical (unpaired) electrons. The van der Waals surface area contributed by atoms with Gasteiger partial charge in [0.2, 0.25) is 5.91 Å². The summed E-state index contributed by atoms with van der Waals surface area (Å²) in [7, 11) is 3.44. The third-order valence-corrected chi connectivity index (χ3v) is 5.31. The summed E-state index contributed by atoms with van der Waals surface area (Å²) in [4.78, 5) is 28.4. The molecule has 1 fully saturated rings. The van der Waals surface area contributed by atoms with Crippen LogP contribution in [0.2, 0.25) is 0 Å². The first-order valence-electron chi connectivity index (χ1n) is 10.2. The predicted molar refractivity (Wildman–Crippen MR) is 115 cm³/mol. The Morgan fingerprint density at radius 1 is 1.03 bits per heavy atom. The fraction of sp³-hybridized carbons (Fsp3) is 0.381. The quantitative estimate of drug-likeness (QED) is 0.591. The summed E-state index contributed by atoms with van der Waals surface area (Å²) in [6, 6.07) is 10.4. The van der Waals surface area contributed by atoms with Gasteiger partial charge < -0.3 is 19.9 Å². The van der Waals surface area contributed by atoms with Crippen molar-refractivity contribution in [3.8, 4) is 0 Å². The van der Waals surface area contributed by atoms with Crippen molar-refractivity contribution >= 4 is 29.0 Å². The van der Waals surface area contributed by atoms with E-state index in [2.05, 4.69) is 37.1 Å². The van der Waals surface area contributed by atoms with Crippen LogP contribution in [0.4, 0.5) is 11.5 Å². The van der Waals surface area contributed by atoms with Crippen LogP contribution in [-0.2, 0) is 16.0 Å².